The van der Waals surface area contributed by atoms with E-state index in [1.54, 1.807) is 0 Å². The molecule has 52 heavy (non-hydrogen) atoms. The van der Waals surface area contributed by atoms with Crippen LogP contribution >= 0.6 is 0 Å². The van der Waals surface area contributed by atoms with E-state index in [1.807, 2.05) is 67.6 Å². The Morgan fingerprint density at radius 1 is 0.827 bits per heavy atom. The number of aryl methyl sites for hydroxylation is 1. The van der Waals surface area contributed by atoms with Gasteiger partial charge in [0.1, 0.15) is 5.82 Å². The fourth-order valence-electron chi connectivity index (χ4n) is 5.03. The molecule has 5 rings (SSSR count). The number of aromatic nitrogens is 2. The van der Waals surface area contributed by atoms with Crippen LogP contribution in [0, 0.1) is 12.3 Å². The summed E-state index contributed by atoms with van der Waals surface area (Å²) in [5, 5.41) is 32.4. The number of hydrogen-bond acceptors (Lipinski definition) is 7. The molecule has 18 heteroatoms. The molecular formula is C34H35F6N7O5. The van der Waals surface area contributed by atoms with Gasteiger partial charge in [0.2, 0.25) is 5.82 Å². The number of amides is 1. The Labute approximate surface area is 293 Å². The van der Waals surface area contributed by atoms with Gasteiger partial charge in [-0.15, -0.1) is 0 Å². The van der Waals surface area contributed by atoms with Crippen LogP contribution in [-0.2, 0) is 16.0 Å². The average Bonchev–Trinajstić information content (AvgIpc) is 3.06. The number of carboxylic acid groups (broad SMARTS) is 2. The number of nitrogens with one attached hydrogen (secondary N) is 4. The molecule has 278 valence electrons. The molecule has 0 spiro atoms. The van der Waals surface area contributed by atoms with Crippen LogP contribution < -0.4 is 21.7 Å². The number of aliphatic carboxylic acids is 2. The van der Waals surface area contributed by atoms with Crippen LogP contribution in [0.15, 0.2) is 72.8 Å². The van der Waals surface area contributed by atoms with Crippen molar-refractivity contribution in [3.63, 3.8) is 0 Å². The molecule has 0 aliphatic heterocycles. The summed E-state index contributed by atoms with van der Waals surface area (Å²) >= 11 is 0. The van der Waals surface area contributed by atoms with Gasteiger partial charge in [-0.05, 0) is 61.6 Å². The van der Waals surface area contributed by atoms with Gasteiger partial charge >= 0.3 is 24.3 Å². The van der Waals surface area contributed by atoms with Gasteiger partial charge in [-0.3, -0.25) is 10.2 Å². The number of nitrogens with two attached hydrogens (primary N) is 1. The van der Waals surface area contributed by atoms with Crippen LogP contribution in [0.4, 0.5) is 37.8 Å². The minimum atomic E-state index is -5.08. The summed E-state index contributed by atoms with van der Waals surface area (Å²) in [7, 11) is 0. The third-order valence-corrected chi connectivity index (χ3v) is 7.43. The number of anilines is 2. The summed E-state index contributed by atoms with van der Waals surface area (Å²) in [6.45, 7) is 2.02. The first kappa shape index (κ1) is 40.5. The summed E-state index contributed by atoms with van der Waals surface area (Å²) in [5.74, 6) is -5.20. The van der Waals surface area contributed by atoms with E-state index in [0.717, 1.165) is 43.1 Å². The van der Waals surface area contributed by atoms with Crippen molar-refractivity contribution >= 4 is 46.2 Å². The number of carbonyl (C=O) groups excluding carboxylic acids is 1. The van der Waals surface area contributed by atoms with Crippen molar-refractivity contribution in [3.05, 3.63) is 95.3 Å². The first-order chi connectivity index (χ1) is 24.3. The van der Waals surface area contributed by atoms with Crippen molar-refractivity contribution in [1.29, 1.82) is 5.41 Å². The first-order valence-corrected chi connectivity index (χ1v) is 15.5. The largest absolute Gasteiger partial charge is 0.490 e. The van der Waals surface area contributed by atoms with E-state index in [4.69, 9.17) is 30.9 Å². The van der Waals surface area contributed by atoms with E-state index < -0.39 is 24.3 Å². The number of guanidine groups is 1. The maximum atomic E-state index is 13.2. The number of fused-ring (bicyclic) bond motifs is 1. The summed E-state index contributed by atoms with van der Waals surface area (Å²) in [4.78, 5) is 40.3. The summed E-state index contributed by atoms with van der Waals surface area (Å²) < 4.78 is 63.5. The highest BCUT2D eigenvalue weighted by molar-refractivity contribution is 6.04. The zero-order valence-corrected chi connectivity index (χ0v) is 27.5. The maximum Gasteiger partial charge on any atom is 0.490 e. The molecule has 2 atom stereocenters. The molecule has 12 nitrogen and oxygen atoms in total. The predicted molar refractivity (Wildman–Crippen MR) is 180 cm³/mol. The highest BCUT2D eigenvalue weighted by Crippen LogP contribution is 2.27. The molecule has 2 unspecified atom stereocenters. The molecule has 3 aromatic carbocycles. The number of nitrogens with zero attached hydrogens (tertiary/aromatic N) is 2. The predicted octanol–water partition coefficient (Wildman–Crippen LogP) is 6.25. The molecule has 1 amide bonds. The van der Waals surface area contributed by atoms with E-state index in [9.17, 15) is 31.1 Å². The maximum absolute atomic E-state index is 13.2. The fourth-order valence-corrected chi connectivity index (χ4v) is 5.03. The van der Waals surface area contributed by atoms with E-state index in [0.29, 0.717) is 17.0 Å². The van der Waals surface area contributed by atoms with Crippen LogP contribution in [0.25, 0.3) is 10.9 Å². The number of carbonyl (C=O) groups is 3. The molecule has 1 aliphatic rings. The Balaban J connectivity index is 0.000000441. The third-order valence-electron chi connectivity index (χ3n) is 7.43. The zero-order chi connectivity index (χ0) is 38.6. The average molecular weight is 736 g/mol. The van der Waals surface area contributed by atoms with E-state index in [1.165, 1.54) is 11.1 Å². The fraction of sp³-hybridized carbons (Fsp3) is 0.294. The zero-order valence-electron chi connectivity index (χ0n) is 27.5. The Morgan fingerprint density at radius 2 is 1.37 bits per heavy atom. The third kappa shape index (κ3) is 12.7. The minimum absolute atomic E-state index is 0.0164. The molecule has 0 bridgehead atoms. The van der Waals surface area contributed by atoms with Crippen molar-refractivity contribution in [3.8, 4) is 0 Å². The Hall–Kier alpha value is -5.94. The van der Waals surface area contributed by atoms with Crippen molar-refractivity contribution < 1.29 is 50.9 Å². The van der Waals surface area contributed by atoms with Gasteiger partial charge in [0.25, 0.3) is 5.91 Å². The van der Waals surface area contributed by atoms with Gasteiger partial charge in [-0.2, -0.15) is 26.3 Å². The van der Waals surface area contributed by atoms with E-state index in [2.05, 4.69) is 38.1 Å². The summed E-state index contributed by atoms with van der Waals surface area (Å²) in [6, 6.07) is 24.1. The Bertz CT molecular complexity index is 1830. The molecule has 1 heterocycles. The summed E-state index contributed by atoms with van der Waals surface area (Å²) in [6.07, 6.45) is -5.36. The van der Waals surface area contributed by atoms with Crippen molar-refractivity contribution in [2.45, 2.75) is 63.5 Å². The van der Waals surface area contributed by atoms with Gasteiger partial charge in [-0.1, -0.05) is 66.9 Å². The lowest BCUT2D eigenvalue weighted by molar-refractivity contribution is -0.193. The molecule has 0 saturated heterocycles. The van der Waals surface area contributed by atoms with E-state index in [-0.39, 0.29) is 29.8 Å². The quantitative estimate of drug-likeness (QED) is 0.0646. The lowest BCUT2D eigenvalue weighted by Gasteiger charge is -2.33. The molecular weight excluding hydrogens is 700 g/mol. The molecule has 1 saturated carbocycles. The topological polar surface area (TPSA) is 203 Å². The monoisotopic (exact) mass is 735 g/mol. The standard InChI is InChI=1S/C30H33N7O.2C2HF3O2/c1-19-11-16-24-23(17-19)27(35-25-9-5-6-10-26(25)36-30(31)32)37-28(34-24)29(38)33-22-14-12-21(13-15-22)18-20-7-3-2-4-8-20;2*3-2(4,5)1(6)7/h2-4,7-8,11-17,25-26H,5-6,9-10,18H2,1H3,(H,33,38)(H4,31,32,36)(H,34,35,37);2*(H,6,7). The second-order valence-electron chi connectivity index (χ2n) is 11.5. The lowest BCUT2D eigenvalue weighted by atomic mass is 9.90. The lowest BCUT2D eigenvalue weighted by Crippen LogP contribution is -2.50. The van der Waals surface area contributed by atoms with Crippen LogP contribution in [0.1, 0.15) is 53.0 Å². The number of alkyl halides is 6. The normalized spacial score (nSPS) is 15.5. The van der Waals surface area contributed by atoms with Crippen LogP contribution in [0.2, 0.25) is 0 Å². The number of hydrogen-bond donors (Lipinski definition) is 7. The molecule has 1 aromatic heterocycles. The Kier molecular flexibility index (Phi) is 13.9. The second-order valence-corrected chi connectivity index (χ2v) is 11.5. The highest BCUT2D eigenvalue weighted by Gasteiger charge is 2.39. The smallest absolute Gasteiger partial charge is 0.475 e. The first-order valence-electron chi connectivity index (χ1n) is 15.5. The van der Waals surface area contributed by atoms with Crippen molar-refractivity contribution in [1.82, 2.24) is 15.3 Å². The number of rotatable bonds is 7. The van der Waals surface area contributed by atoms with Crippen LogP contribution in [-0.4, -0.2) is 68.4 Å². The van der Waals surface area contributed by atoms with E-state index >= 15 is 0 Å². The van der Waals surface area contributed by atoms with Crippen LogP contribution in [0.5, 0.6) is 0 Å². The van der Waals surface area contributed by atoms with Gasteiger partial charge in [-0.25, -0.2) is 19.6 Å². The minimum Gasteiger partial charge on any atom is -0.475 e. The number of carboxylic acids is 2. The molecule has 8 N–H and O–H groups in total. The van der Waals surface area contributed by atoms with Gasteiger partial charge in [0.05, 0.1) is 5.52 Å². The van der Waals surface area contributed by atoms with Gasteiger partial charge in [0.15, 0.2) is 5.96 Å². The highest BCUT2D eigenvalue weighted by atomic mass is 19.4. The summed E-state index contributed by atoms with van der Waals surface area (Å²) in [5.41, 5.74) is 10.5. The Morgan fingerprint density at radius 3 is 1.90 bits per heavy atom. The number of halogens is 6. The molecule has 1 aliphatic carbocycles. The second kappa shape index (κ2) is 17.8. The molecule has 4 aromatic rings. The van der Waals surface area contributed by atoms with Gasteiger partial charge in [0, 0.05) is 23.2 Å². The SMILES string of the molecule is Cc1ccc2nc(C(=O)Nc3ccc(Cc4ccccc4)cc3)nc(NC3CCCCC3NC(=N)N)c2c1.O=C(O)C(F)(F)F.O=C(O)C(F)(F)F. The van der Waals surface area contributed by atoms with Crippen LogP contribution in [0.3, 0.4) is 0 Å². The molecule has 1 fully saturated rings. The number of benzene rings is 3. The van der Waals surface area contributed by atoms with Crippen molar-refractivity contribution in [2.75, 3.05) is 10.6 Å². The van der Waals surface area contributed by atoms with Crippen molar-refractivity contribution in [2.24, 2.45) is 5.73 Å². The van der Waals surface area contributed by atoms with Gasteiger partial charge < -0.3 is 31.9 Å². The molecule has 0 radical (unpaired) electrons.